The fraction of sp³-hybridized carbons (Fsp3) is 0.609. The first-order valence-corrected chi connectivity index (χ1v) is 9.67. The van der Waals surface area contributed by atoms with Crippen molar-refractivity contribution in [3.8, 4) is 0 Å². The summed E-state index contributed by atoms with van der Waals surface area (Å²) in [5.74, 6) is -0.575. The summed E-state index contributed by atoms with van der Waals surface area (Å²) >= 11 is 0. The molecule has 1 unspecified atom stereocenters. The highest BCUT2D eigenvalue weighted by Crippen LogP contribution is 2.13. The monoisotopic (exact) mass is 362 g/mol. The van der Waals surface area contributed by atoms with Crippen LogP contribution in [0.25, 0.3) is 0 Å². The fourth-order valence-corrected chi connectivity index (χ4v) is 2.37. The van der Waals surface area contributed by atoms with Crippen LogP contribution in [0, 0.1) is 0 Å². The van der Waals surface area contributed by atoms with Gasteiger partial charge in [0.15, 0.2) is 0 Å². The van der Waals surface area contributed by atoms with Crippen LogP contribution in [-0.4, -0.2) is 23.8 Å². The summed E-state index contributed by atoms with van der Waals surface area (Å²) in [6.45, 7) is 12.4. The molecule has 0 amide bonds. The molecule has 0 saturated heterocycles. The zero-order valence-corrected chi connectivity index (χ0v) is 17.6. The highest BCUT2D eigenvalue weighted by Gasteiger charge is 2.08. The second-order valence-corrected chi connectivity index (χ2v) is 7.35. The average Bonchev–Trinajstić information content (AvgIpc) is 2.54. The quantitative estimate of drug-likeness (QED) is 0.339. The normalized spacial score (nSPS) is 14.2. The second kappa shape index (κ2) is 14.5. The molecule has 0 heterocycles. The minimum Gasteiger partial charge on any atom is -0.460 e. The molecule has 0 spiro atoms. The van der Waals surface area contributed by atoms with Gasteiger partial charge in [-0.05, 0) is 86.1 Å². The molecule has 26 heavy (non-hydrogen) atoms. The number of allylic oxidation sites excluding steroid dienone is 7. The third-order valence-corrected chi connectivity index (χ3v) is 4.15. The van der Waals surface area contributed by atoms with Crippen molar-refractivity contribution in [2.24, 2.45) is 0 Å². The lowest BCUT2D eigenvalue weighted by atomic mass is 10.0. The van der Waals surface area contributed by atoms with Crippen LogP contribution < -0.4 is 0 Å². The third kappa shape index (κ3) is 14.7. The molecule has 0 saturated carbocycles. The molecular weight excluding hydrogens is 324 g/mol. The summed E-state index contributed by atoms with van der Waals surface area (Å²) in [6, 6.07) is 0. The van der Waals surface area contributed by atoms with E-state index >= 15 is 0 Å². The molecule has 0 rings (SSSR count). The van der Waals surface area contributed by atoms with E-state index in [-0.39, 0.29) is 6.61 Å². The van der Waals surface area contributed by atoms with Crippen molar-refractivity contribution in [2.45, 2.75) is 86.2 Å². The minimum absolute atomic E-state index is 0.231. The molecule has 0 bridgehead atoms. The maximum Gasteiger partial charge on any atom is 0.334 e. The van der Waals surface area contributed by atoms with E-state index in [1.54, 1.807) is 0 Å². The number of carbonyl (C=O) groups is 1. The van der Waals surface area contributed by atoms with Gasteiger partial charge in [-0.3, -0.25) is 0 Å². The number of aliphatic hydroxyl groups is 1. The topological polar surface area (TPSA) is 46.5 Å². The van der Waals surface area contributed by atoms with E-state index in [2.05, 4.69) is 45.9 Å². The third-order valence-electron chi connectivity index (χ3n) is 4.15. The molecule has 1 atom stereocenters. The molecule has 0 fully saturated rings. The number of esters is 1. The highest BCUT2D eigenvalue weighted by molar-refractivity contribution is 5.73. The molecule has 0 aliphatic rings. The summed E-state index contributed by atoms with van der Waals surface area (Å²) in [5.41, 5.74) is 5.48. The smallest absolute Gasteiger partial charge is 0.334 e. The lowest BCUT2D eigenvalue weighted by Crippen LogP contribution is -2.19. The summed E-state index contributed by atoms with van der Waals surface area (Å²) in [7, 11) is 0. The van der Waals surface area contributed by atoms with Crippen LogP contribution in [0.2, 0.25) is 0 Å². The standard InChI is InChI=1S/C23H38O3/c1-18(2)10-7-11-19(3)12-8-13-20(4)14-9-15-21(5)16-17-26-23(25)22(6)24/h10,12,14,16,22,24H,7-9,11,13,15,17H2,1-6H3/b19-12+,20-14?,21-16+. The number of rotatable bonds is 12. The summed E-state index contributed by atoms with van der Waals surface area (Å²) < 4.78 is 4.93. The predicted molar refractivity (Wildman–Crippen MR) is 111 cm³/mol. The Morgan fingerprint density at radius 3 is 1.65 bits per heavy atom. The molecule has 3 heteroatoms. The summed E-state index contributed by atoms with van der Waals surface area (Å²) in [5, 5.41) is 9.05. The molecule has 0 aliphatic carbocycles. The Hall–Kier alpha value is -1.61. The number of aliphatic hydroxyl groups excluding tert-OH is 1. The van der Waals surface area contributed by atoms with Crippen molar-refractivity contribution < 1.29 is 14.6 Å². The van der Waals surface area contributed by atoms with Gasteiger partial charge in [-0.2, -0.15) is 0 Å². The van der Waals surface area contributed by atoms with E-state index in [1.807, 2.05) is 13.0 Å². The van der Waals surface area contributed by atoms with Crippen molar-refractivity contribution >= 4 is 5.97 Å². The van der Waals surface area contributed by atoms with Crippen molar-refractivity contribution in [3.63, 3.8) is 0 Å². The van der Waals surface area contributed by atoms with E-state index < -0.39 is 12.1 Å². The van der Waals surface area contributed by atoms with Gasteiger partial charge in [-0.15, -0.1) is 0 Å². The Kier molecular flexibility index (Phi) is 13.6. The Bertz CT molecular complexity index is 530. The van der Waals surface area contributed by atoms with Gasteiger partial charge in [-0.1, -0.05) is 40.5 Å². The lowest BCUT2D eigenvalue weighted by molar-refractivity contribution is -0.151. The van der Waals surface area contributed by atoms with Crippen LogP contribution in [0.1, 0.15) is 80.1 Å². The Labute approximate surface area is 160 Å². The van der Waals surface area contributed by atoms with Crippen LogP contribution in [0.4, 0.5) is 0 Å². The summed E-state index contributed by atoms with van der Waals surface area (Å²) in [6.07, 6.45) is 14.3. The number of carbonyl (C=O) groups excluding carboxylic acids is 1. The predicted octanol–water partition coefficient (Wildman–Crippen LogP) is 6.06. The first-order chi connectivity index (χ1) is 12.2. The van der Waals surface area contributed by atoms with Gasteiger partial charge in [0, 0.05) is 0 Å². The zero-order valence-electron chi connectivity index (χ0n) is 17.6. The van der Waals surface area contributed by atoms with Crippen LogP contribution in [0.15, 0.2) is 46.6 Å². The molecule has 148 valence electrons. The van der Waals surface area contributed by atoms with Crippen LogP contribution in [0.3, 0.4) is 0 Å². The van der Waals surface area contributed by atoms with Gasteiger partial charge in [0.05, 0.1) is 0 Å². The van der Waals surface area contributed by atoms with Gasteiger partial charge < -0.3 is 9.84 Å². The van der Waals surface area contributed by atoms with E-state index in [4.69, 9.17) is 9.84 Å². The SMILES string of the molecule is CC(C)=CCC/C(C)=C/CCC(C)=CCC/C(C)=C/COC(=O)C(C)O. The average molecular weight is 363 g/mol. The van der Waals surface area contributed by atoms with Crippen LogP contribution in [-0.2, 0) is 9.53 Å². The zero-order chi connectivity index (χ0) is 19.9. The van der Waals surface area contributed by atoms with Gasteiger partial charge in [-0.25, -0.2) is 4.79 Å². The highest BCUT2D eigenvalue weighted by atomic mass is 16.5. The van der Waals surface area contributed by atoms with Crippen LogP contribution in [0.5, 0.6) is 0 Å². The van der Waals surface area contributed by atoms with E-state index in [0.29, 0.717) is 0 Å². The molecule has 3 nitrogen and oxygen atoms in total. The van der Waals surface area contributed by atoms with Crippen LogP contribution >= 0.6 is 0 Å². The molecule has 0 radical (unpaired) electrons. The van der Waals surface area contributed by atoms with Crippen molar-refractivity contribution in [2.75, 3.05) is 6.61 Å². The van der Waals surface area contributed by atoms with E-state index in [9.17, 15) is 4.79 Å². The van der Waals surface area contributed by atoms with Gasteiger partial charge in [0.1, 0.15) is 12.7 Å². The van der Waals surface area contributed by atoms with Gasteiger partial charge >= 0.3 is 5.97 Å². The van der Waals surface area contributed by atoms with Gasteiger partial charge in [0.25, 0.3) is 0 Å². The maximum atomic E-state index is 11.1. The van der Waals surface area contributed by atoms with E-state index in [1.165, 1.54) is 29.2 Å². The van der Waals surface area contributed by atoms with Crippen molar-refractivity contribution in [3.05, 3.63) is 46.6 Å². The molecule has 0 aliphatic heterocycles. The Balaban J connectivity index is 4.03. The van der Waals surface area contributed by atoms with Gasteiger partial charge in [0.2, 0.25) is 0 Å². The molecule has 0 aromatic carbocycles. The largest absolute Gasteiger partial charge is 0.460 e. The molecule has 1 N–H and O–H groups in total. The Morgan fingerprint density at radius 2 is 1.23 bits per heavy atom. The van der Waals surface area contributed by atoms with Crippen molar-refractivity contribution in [1.82, 2.24) is 0 Å². The number of hydrogen-bond acceptors (Lipinski definition) is 3. The first kappa shape index (κ1) is 24.4. The second-order valence-electron chi connectivity index (χ2n) is 7.35. The molecule has 0 aromatic heterocycles. The maximum absolute atomic E-state index is 11.1. The van der Waals surface area contributed by atoms with Crippen molar-refractivity contribution in [1.29, 1.82) is 0 Å². The fourth-order valence-electron chi connectivity index (χ4n) is 2.37. The number of ether oxygens (including phenoxy) is 1. The lowest BCUT2D eigenvalue weighted by Gasteiger charge is -2.05. The Morgan fingerprint density at radius 1 is 0.808 bits per heavy atom. The molecular formula is C23H38O3. The number of hydrogen-bond donors (Lipinski definition) is 1. The first-order valence-electron chi connectivity index (χ1n) is 9.67. The molecule has 0 aromatic rings. The summed E-state index contributed by atoms with van der Waals surface area (Å²) in [4.78, 5) is 11.1. The minimum atomic E-state index is -1.06. The van der Waals surface area contributed by atoms with E-state index in [0.717, 1.165) is 38.5 Å².